The normalized spacial score (nSPS) is 10.7. The summed E-state index contributed by atoms with van der Waals surface area (Å²) in [4.78, 5) is 20.4. The molecule has 1 aromatic carbocycles. The van der Waals surface area contributed by atoms with Gasteiger partial charge >= 0.3 is 0 Å². The van der Waals surface area contributed by atoms with Crippen molar-refractivity contribution in [3.05, 3.63) is 51.5 Å². The predicted molar refractivity (Wildman–Crippen MR) is 81.6 cm³/mol. The van der Waals surface area contributed by atoms with E-state index in [2.05, 4.69) is 47.1 Å². The van der Waals surface area contributed by atoms with Gasteiger partial charge in [0.15, 0.2) is 5.82 Å². The zero-order valence-electron chi connectivity index (χ0n) is 9.93. The first-order chi connectivity index (χ1) is 9.65. The molecule has 1 N–H and O–H groups in total. The third kappa shape index (κ3) is 2.46. The number of anilines is 1. The van der Waals surface area contributed by atoms with E-state index in [4.69, 9.17) is 4.42 Å². The predicted octanol–water partition coefficient (Wildman–Crippen LogP) is 4.00. The van der Waals surface area contributed by atoms with Crippen LogP contribution in [0.5, 0.6) is 0 Å². The molecule has 0 bridgehead atoms. The monoisotopic (exact) mass is 395 g/mol. The van der Waals surface area contributed by atoms with E-state index < -0.39 is 0 Å². The molecule has 0 aliphatic carbocycles. The van der Waals surface area contributed by atoms with Gasteiger partial charge < -0.3 is 9.73 Å². The Morgan fingerprint density at radius 3 is 2.85 bits per heavy atom. The van der Waals surface area contributed by atoms with Crippen LogP contribution in [0.15, 0.2) is 50.3 Å². The highest BCUT2D eigenvalue weighted by Crippen LogP contribution is 2.24. The molecule has 0 saturated carbocycles. The highest BCUT2D eigenvalue weighted by Gasteiger charge is 2.15. The van der Waals surface area contributed by atoms with E-state index in [1.165, 1.54) is 12.5 Å². The fourth-order valence-corrected chi connectivity index (χ4v) is 2.67. The Morgan fingerprint density at radius 1 is 1.25 bits per heavy atom. The summed E-state index contributed by atoms with van der Waals surface area (Å²) in [5.74, 6) is 0.0516. The van der Waals surface area contributed by atoms with Crippen molar-refractivity contribution in [3.8, 4) is 0 Å². The molecule has 0 fully saturated rings. The van der Waals surface area contributed by atoms with Crippen molar-refractivity contribution in [1.82, 2.24) is 9.97 Å². The van der Waals surface area contributed by atoms with Gasteiger partial charge in [-0.15, -0.1) is 0 Å². The van der Waals surface area contributed by atoms with E-state index in [1.54, 1.807) is 0 Å². The van der Waals surface area contributed by atoms with Crippen molar-refractivity contribution in [2.24, 2.45) is 0 Å². The maximum atomic E-state index is 12.3. The van der Waals surface area contributed by atoms with Crippen molar-refractivity contribution in [3.63, 3.8) is 0 Å². The zero-order chi connectivity index (χ0) is 14.1. The van der Waals surface area contributed by atoms with E-state index in [1.807, 2.05) is 24.3 Å². The van der Waals surface area contributed by atoms with Crippen LogP contribution in [0.2, 0.25) is 0 Å². The van der Waals surface area contributed by atoms with Crippen LogP contribution < -0.4 is 5.32 Å². The number of hydrogen-bond acceptors (Lipinski definition) is 4. The first-order valence-corrected chi connectivity index (χ1v) is 7.19. The summed E-state index contributed by atoms with van der Waals surface area (Å²) in [6.45, 7) is 0. The minimum absolute atomic E-state index is 0.299. The highest BCUT2D eigenvalue weighted by atomic mass is 79.9. The van der Waals surface area contributed by atoms with Gasteiger partial charge in [0.05, 0.1) is 11.8 Å². The van der Waals surface area contributed by atoms with Gasteiger partial charge in [-0.2, -0.15) is 0 Å². The van der Waals surface area contributed by atoms with Gasteiger partial charge in [-0.1, -0.05) is 18.2 Å². The van der Waals surface area contributed by atoms with Gasteiger partial charge in [-0.05, 0) is 37.9 Å². The minimum Gasteiger partial charge on any atom is -0.463 e. The first kappa shape index (κ1) is 13.3. The van der Waals surface area contributed by atoms with Gasteiger partial charge in [0, 0.05) is 5.39 Å². The van der Waals surface area contributed by atoms with Crippen molar-refractivity contribution in [1.29, 1.82) is 0 Å². The Balaban J connectivity index is 1.93. The van der Waals surface area contributed by atoms with Crippen LogP contribution in [0.3, 0.4) is 0 Å². The van der Waals surface area contributed by atoms with Crippen LogP contribution in [0.4, 0.5) is 5.82 Å². The number of amides is 1. The molecule has 7 heteroatoms. The van der Waals surface area contributed by atoms with Gasteiger partial charge in [0.1, 0.15) is 21.1 Å². The third-order valence-electron chi connectivity index (χ3n) is 2.66. The summed E-state index contributed by atoms with van der Waals surface area (Å²) in [5, 5.41) is 3.45. The standard InChI is InChI=1S/C13H7Br2N3O2/c14-10-5-16-12(11(15)17-10)18-13(19)8-6-20-9-4-2-1-3-7(8)9/h1-6H,(H,16,18,19). The van der Waals surface area contributed by atoms with Crippen molar-refractivity contribution in [2.75, 3.05) is 5.32 Å². The lowest BCUT2D eigenvalue weighted by atomic mass is 10.1. The second-order valence-electron chi connectivity index (χ2n) is 3.93. The minimum atomic E-state index is -0.299. The number of halogens is 2. The molecule has 1 amide bonds. The van der Waals surface area contributed by atoms with Crippen LogP contribution in [0.1, 0.15) is 10.4 Å². The average molecular weight is 397 g/mol. The zero-order valence-corrected chi connectivity index (χ0v) is 13.1. The summed E-state index contributed by atoms with van der Waals surface area (Å²) in [7, 11) is 0. The number of hydrogen-bond donors (Lipinski definition) is 1. The topological polar surface area (TPSA) is 68.0 Å². The third-order valence-corrected chi connectivity index (χ3v) is 3.59. The number of fused-ring (bicyclic) bond motifs is 1. The second-order valence-corrected chi connectivity index (χ2v) is 5.50. The Morgan fingerprint density at radius 2 is 2.05 bits per heavy atom. The summed E-state index contributed by atoms with van der Waals surface area (Å²) in [5.41, 5.74) is 1.12. The molecular weight excluding hydrogens is 390 g/mol. The van der Waals surface area contributed by atoms with Crippen LogP contribution >= 0.6 is 31.9 Å². The number of para-hydroxylation sites is 1. The Kier molecular flexibility index (Phi) is 3.54. The molecule has 0 spiro atoms. The molecule has 2 aromatic heterocycles. The van der Waals surface area contributed by atoms with E-state index in [0.717, 1.165) is 5.39 Å². The van der Waals surface area contributed by atoms with Crippen LogP contribution in [-0.4, -0.2) is 15.9 Å². The lowest BCUT2D eigenvalue weighted by Crippen LogP contribution is -2.13. The molecule has 5 nitrogen and oxygen atoms in total. The molecular formula is C13H7Br2N3O2. The number of aromatic nitrogens is 2. The molecule has 0 saturated heterocycles. The number of rotatable bonds is 2. The lowest BCUT2D eigenvalue weighted by Gasteiger charge is -2.04. The molecule has 0 atom stereocenters. The molecule has 0 aliphatic rings. The summed E-state index contributed by atoms with van der Waals surface area (Å²) < 4.78 is 6.37. The fraction of sp³-hybridized carbons (Fsp3) is 0. The van der Waals surface area contributed by atoms with E-state index in [0.29, 0.717) is 26.2 Å². The van der Waals surface area contributed by atoms with E-state index in [9.17, 15) is 4.79 Å². The molecule has 2 heterocycles. The Bertz CT molecular complexity index is 801. The van der Waals surface area contributed by atoms with E-state index in [-0.39, 0.29) is 5.91 Å². The summed E-state index contributed by atoms with van der Waals surface area (Å²) >= 11 is 6.45. The number of nitrogens with zero attached hydrogens (tertiary/aromatic N) is 2. The van der Waals surface area contributed by atoms with Gasteiger partial charge in [0.25, 0.3) is 5.91 Å². The van der Waals surface area contributed by atoms with Gasteiger partial charge in [-0.3, -0.25) is 4.79 Å². The largest absolute Gasteiger partial charge is 0.463 e. The molecule has 3 aromatic rings. The first-order valence-electron chi connectivity index (χ1n) is 5.61. The van der Waals surface area contributed by atoms with Crippen molar-refractivity contribution < 1.29 is 9.21 Å². The van der Waals surface area contributed by atoms with Crippen LogP contribution in [0, 0.1) is 0 Å². The van der Waals surface area contributed by atoms with Gasteiger partial charge in [0.2, 0.25) is 0 Å². The maximum Gasteiger partial charge on any atom is 0.260 e. The SMILES string of the molecule is O=C(Nc1ncc(Br)nc1Br)c1coc2ccccc12. The summed E-state index contributed by atoms with van der Waals surface area (Å²) in [6.07, 6.45) is 2.94. The smallest absolute Gasteiger partial charge is 0.260 e. The Labute approximate surface area is 130 Å². The molecule has 0 aliphatic heterocycles. The number of furan rings is 1. The molecule has 100 valence electrons. The number of carbonyl (C=O) groups is 1. The van der Waals surface area contributed by atoms with Crippen LogP contribution in [0.25, 0.3) is 11.0 Å². The van der Waals surface area contributed by atoms with E-state index >= 15 is 0 Å². The highest BCUT2D eigenvalue weighted by molar-refractivity contribution is 9.11. The summed E-state index contributed by atoms with van der Waals surface area (Å²) in [6, 6.07) is 7.34. The number of carbonyl (C=O) groups excluding carboxylic acids is 1. The Hall–Kier alpha value is -1.73. The second kappa shape index (κ2) is 5.34. The molecule has 0 radical (unpaired) electrons. The van der Waals surface area contributed by atoms with Crippen molar-refractivity contribution >= 4 is 54.6 Å². The number of nitrogens with one attached hydrogen (secondary N) is 1. The molecule has 0 unspecified atom stereocenters. The fourth-order valence-electron chi connectivity index (χ4n) is 1.76. The van der Waals surface area contributed by atoms with Crippen LogP contribution in [-0.2, 0) is 0 Å². The van der Waals surface area contributed by atoms with Crippen molar-refractivity contribution in [2.45, 2.75) is 0 Å². The van der Waals surface area contributed by atoms with Gasteiger partial charge in [-0.25, -0.2) is 9.97 Å². The maximum absolute atomic E-state index is 12.3. The quantitative estimate of drug-likeness (QED) is 0.710. The molecule has 3 rings (SSSR count). The average Bonchev–Trinajstić information content (AvgIpc) is 2.86. The molecule has 20 heavy (non-hydrogen) atoms. The number of benzene rings is 1. The lowest BCUT2D eigenvalue weighted by molar-refractivity contribution is 0.102.